The molecule has 4 saturated heterocycles. The molecule has 20 heteroatoms. The SMILES string of the molecule is CO[C@H]1[C@@H](O)[C@@H](C)O[C@@H](O[C@@H]2[C@@H](C)O[C@@H](O[C@H]3[C@@H](OC)C[C@H](O[C@H]4[C@@H](OC)C[C@H](O[C@H]5CC[C@@]6(C)C(=CC[C@]7(O)[C@@H]6C[C@@H](OC(=O)C=Cc6ccccc6)[C@@]6(C)[C@]7(O)CC[C@@]6(O)C(C)=O)C5)O[C@@H]4C)O[C@@H]3C)C[C@H]2OC)[C@@H]1O. The van der Waals surface area contributed by atoms with Crippen molar-refractivity contribution in [2.45, 2.75) is 246 Å². The first-order chi connectivity index (χ1) is 37.0. The van der Waals surface area contributed by atoms with Crippen molar-refractivity contribution in [1.29, 1.82) is 0 Å². The quantitative estimate of drug-likeness (QED) is 0.0883. The molecule has 4 aliphatic carbocycles. The topological polar surface area (TPSA) is 255 Å². The van der Waals surface area contributed by atoms with Crippen LogP contribution in [-0.2, 0) is 71.2 Å². The first-order valence-electron chi connectivity index (χ1n) is 28.0. The molecular weight excluding hydrogens is 1020 g/mol. The van der Waals surface area contributed by atoms with Gasteiger partial charge < -0.3 is 87.1 Å². The molecule has 5 N–H and O–H groups in total. The van der Waals surface area contributed by atoms with E-state index in [-0.39, 0.29) is 31.8 Å². The average molecular weight is 1100 g/mol. The maximum absolute atomic E-state index is 13.6. The van der Waals surface area contributed by atoms with Crippen LogP contribution in [0, 0.1) is 16.7 Å². The van der Waals surface area contributed by atoms with Gasteiger partial charge in [-0.15, -0.1) is 0 Å². The van der Waals surface area contributed by atoms with Crippen LogP contribution in [0.4, 0.5) is 0 Å². The minimum absolute atomic E-state index is 0.0552. The lowest BCUT2D eigenvalue weighted by Crippen LogP contribution is -2.78. The number of ether oxygens (including phenoxy) is 13. The van der Waals surface area contributed by atoms with Gasteiger partial charge in [0.25, 0.3) is 0 Å². The Morgan fingerprint density at radius 2 is 1.21 bits per heavy atom. The molecular formula is C58H86O20. The second-order valence-corrected chi connectivity index (χ2v) is 23.7. The van der Waals surface area contributed by atoms with Crippen LogP contribution in [0.1, 0.15) is 118 Å². The van der Waals surface area contributed by atoms with E-state index < -0.39 is 156 Å². The normalized spacial score (nSPS) is 48.6. The molecule has 438 valence electrons. The van der Waals surface area contributed by atoms with Gasteiger partial charge in [-0.2, -0.15) is 0 Å². The highest BCUT2D eigenvalue weighted by Crippen LogP contribution is 2.71. The van der Waals surface area contributed by atoms with E-state index in [9.17, 15) is 35.1 Å². The monoisotopic (exact) mass is 1100 g/mol. The lowest BCUT2D eigenvalue weighted by Gasteiger charge is -2.67. The van der Waals surface area contributed by atoms with E-state index in [0.29, 0.717) is 38.5 Å². The van der Waals surface area contributed by atoms with Gasteiger partial charge in [0.2, 0.25) is 0 Å². The Morgan fingerprint density at radius 3 is 1.74 bits per heavy atom. The number of benzene rings is 1. The first-order valence-corrected chi connectivity index (χ1v) is 28.0. The third-order valence-corrected chi connectivity index (χ3v) is 19.7. The van der Waals surface area contributed by atoms with Crippen LogP contribution >= 0.6 is 0 Å². The predicted molar refractivity (Wildman–Crippen MR) is 277 cm³/mol. The second kappa shape index (κ2) is 23.4. The number of carbonyl (C=O) groups excluding carboxylic acids is 2. The fourth-order valence-corrected chi connectivity index (χ4v) is 15.0. The standard InChI is InChI=1S/C58H86O20/c1-30-47(61)52(69-11)48(62)53(73-30)78-51-33(4)72-46(28-40(51)68-10)77-50-32(3)71-45(27-39(50)67-9)76-49-31(2)70-44(26-38(49)66-8)74-37-20-21-54(6)36(25-37)19-22-57(64)41(54)29-42(75-43(60)18-17-35-15-13-12-14-16-35)55(7)56(63,34(5)59)23-24-58(55,57)65/h12-19,30-33,37-42,44-53,61-65H,20-29H2,1-11H3/t30-,31-,32-,33-,37+,38+,39+,40-,41-,42-,44+,45+,46+,47+,48-,49-,50-,51-,52+,53+,54+,55-,56-,57+,58-/m1/s1. The zero-order chi connectivity index (χ0) is 56.3. The Labute approximate surface area is 458 Å². The minimum atomic E-state index is -2.05. The number of aliphatic hydroxyl groups is 5. The van der Waals surface area contributed by atoms with Crippen molar-refractivity contribution < 1.29 is 96.7 Å². The molecule has 0 spiro atoms. The smallest absolute Gasteiger partial charge is 0.331 e. The van der Waals surface area contributed by atoms with Gasteiger partial charge in [0.15, 0.2) is 30.9 Å². The molecule has 4 aliphatic heterocycles. The molecule has 3 saturated carbocycles. The molecule has 1 aromatic carbocycles. The average Bonchev–Trinajstić information content (AvgIpc) is 3.72. The van der Waals surface area contributed by atoms with Crippen LogP contribution in [0.2, 0.25) is 0 Å². The van der Waals surface area contributed by atoms with Gasteiger partial charge in [0.05, 0.1) is 54.2 Å². The molecule has 4 heterocycles. The van der Waals surface area contributed by atoms with Crippen molar-refractivity contribution in [1.82, 2.24) is 0 Å². The minimum Gasteiger partial charge on any atom is -0.458 e. The van der Waals surface area contributed by atoms with E-state index in [1.807, 2.05) is 57.2 Å². The summed E-state index contributed by atoms with van der Waals surface area (Å²) in [7, 11) is 6.24. The second-order valence-electron chi connectivity index (χ2n) is 23.7. The van der Waals surface area contributed by atoms with Gasteiger partial charge in [-0.1, -0.05) is 48.9 Å². The molecule has 1 aromatic rings. The summed E-state index contributed by atoms with van der Waals surface area (Å²) in [5.74, 6) is -1.82. The summed E-state index contributed by atoms with van der Waals surface area (Å²) in [6, 6.07) is 9.29. The summed E-state index contributed by atoms with van der Waals surface area (Å²) in [5, 5.41) is 59.5. The predicted octanol–water partition coefficient (Wildman–Crippen LogP) is 4.21. The molecule has 8 aliphatic rings. The Hall–Kier alpha value is -2.84. The first kappa shape index (κ1) is 59.8. The molecule has 0 bridgehead atoms. The van der Waals surface area contributed by atoms with Gasteiger partial charge in [0.1, 0.15) is 59.5 Å². The number of carbonyl (C=O) groups is 2. The van der Waals surface area contributed by atoms with Crippen molar-refractivity contribution in [3.05, 3.63) is 53.6 Å². The maximum atomic E-state index is 13.6. The van der Waals surface area contributed by atoms with E-state index in [1.54, 1.807) is 41.3 Å². The molecule has 78 heavy (non-hydrogen) atoms. The number of hydrogen-bond acceptors (Lipinski definition) is 20. The van der Waals surface area contributed by atoms with Crippen molar-refractivity contribution >= 4 is 17.8 Å². The number of Topliss-reactive ketones (excluding diaryl/α,β-unsaturated/α-hetero) is 1. The number of ketones is 1. The molecule has 0 amide bonds. The summed E-state index contributed by atoms with van der Waals surface area (Å²) < 4.78 is 81.0. The zero-order valence-electron chi connectivity index (χ0n) is 47.1. The Balaban J connectivity index is 0.810. The van der Waals surface area contributed by atoms with E-state index in [2.05, 4.69) is 6.92 Å². The zero-order valence-corrected chi connectivity index (χ0v) is 47.1. The lowest BCUT2D eigenvalue weighted by molar-refractivity contribution is -0.356. The number of esters is 1. The highest BCUT2D eigenvalue weighted by atomic mass is 16.8. The number of fused-ring (bicyclic) bond motifs is 5. The van der Waals surface area contributed by atoms with Crippen LogP contribution in [0.15, 0.2) is 48.1 Å². The van der Waals surface area contributed by atoms with Crippen molar-refractivity contribution in [3.63, 3.8) is 0 Å². The van der Waals surface area contributed by atoms with Crippen molar-refractivity contribution in [2.24, 2.45) is 16.7 Å². The highest BCUT2D eigenvalue weighted by Gasteiger charge is 2.81. The Morgan fingerprint density at radius 1 is 0.654 bits per heavy atom. The highest BCUT2D eigenvalue weighted by molar-refractivity contribution is 5.88. The molecule has 0 unspecified atom stereocenters. The number of rotatable bonds is 16. The summed E-state index contributed by atoms with van der Waals surface area (Å²) in [5.41, 5.74) is -6.29. The summed E-state index contributed by atoms with van der Waals surface area (Å²) >= 11 is 0. The van der Waals surface area contributed by atoms with E-state index in [0.717, 1.165) is 11.1 Å². The number of hydrogen-bond donors (Lipinski definition) is 5. The number of methoxy groups -OCH3 is 4. The van der Waals surface area contributed by atoms with Gasteiger partial charge in [-0.3, -0.25) is 4.79 Å². The lowest BCUT2D eigenvalue weighted by atomic mass is 9.42. The van der Waals surface area contributed by atoms with E-state index in [4.69, 9.17) is 61.6 Å². The third kappa shape index (κ3) is 10.5. The van der Waals surface area contributed by atoms with Crippen LogP contribution in [-0.4, -0.2) is 199 Å². The van der Waals surface area contributed by atoms with Crippen molar-refractivity contribution in [3.8, 4) is 0 Å². The van der Waals surface area contributed by atoms with Crippen LogP contribution in [0.25, 0.3) is 6.08 Å². The fraction of sp³-hybridized carbons (Fsp3) is 0.793. The van der Waals surface area contributed by atoms with Crippen molar-refractivity contribution in [2.75, 3.05) is 28.4 Å². The van der Waals surface area contributed by atoms with Crippen LogP contribution < -0.4 is 0 Å². The molecule has 20 nitrogen and oxygen atoms in total. The molecule has 0 aromatic heterocycles. The molecule has 7 fully saturated rings. The molecule has 25 atom stereocenters. The van der Waals surface area contributed by atoms with Crippen LogP contribution in [0.3, 0.4) is 0 Å². The van der Waals surface area contributed by atoms with Gasteiger partial charge in [0, 0.05) is 59.7 Å². The summed E-state index contributed by atoms with van der Waals surface area (Å²) in [6.07, 6.45) is -5.13. The van der Waals surface area contributed by atoms with E-state index in [1.165, 1.54) is 20.1 Å². The Kier molecular flexibility index (Phi) is 18.0. The molecule has 0 radical (unpaired) electrons. The maximum Gasteiger partial charge on any atom is 0.331 e. The molecule has 9 rings (SSSR count). The van der Waals surface area contributed by atoms with Gasteiger partial charge in [-0.05, 0) is 104 Å². The third-order valence-electron chi connectivity index (χ3n) is 19.7. The largest absolute Gasteiger partial charge is 0.458 e. The summed E-state index contributed by atoms with van der Waals surface area (Å²) in [6.45, 7) is 12.3. The van der Waals surface area contributed by atoms with Gasteiger partial charge in [-0.25, -0.2) is 4.79 Å². The van der Waals surface area contributed by atoms with E-state index >= 15 is 0 Å². The summed E-state index contributed by atoms with van der Waals surface area (Å²) in [4.78, 5) is 27.0. The number of aliphatic hydroxyl groups excluding tert-OH is 2. The Bertz CT molecular complexity index is 2300. The van der Waals surface area contributed by atoms with Gasteiger partial charge >= 0.3 is 5.97 Å². The van der Waals surface area contributed by atoms with Crippen LogP contribution in [0.5, 0.6) is 0 Å². The fourth-order valence-electron chi connectivity index (χ4n) is 15.0.